The van der Waals surface area contributed by atoms with Crippen molar-refractivity contribution in [2.45, 2.75) is 24.6 Å². The number of alkyl halides is 1. The Morgan fingerprint density at radius 2 is 2.18 bits per heavy atom. The van der Waals surface area contributed by atoms with Crippen molar-refractivity contribution in [1.29, 1.82) is 0 Å². The van der Waals surface area contributed by atoms with Crippen LogP contribution in [0.1, 0.15) is 35.5 Å². The Morgan fingerprint density at radius 1 is 1.41 bits per heavy atom. The van der Waals surface area contributed by atoms with Gasteiger partial charge in [0.15, 0.2) is 5.82 Å². The maximum Gasteiger partial charge on any atom is 0.240 e. The number of halogens is 2. The standard InChI is InChI=1S/C12H12BrFN2O/c1-2-9(13)12-15-11(16-17-12)7-8-5-3-4-6-10(8)14/h3-6,9H,2,7H2,1H3. The molecular weight excluding hydrogens is 287 g/mol. The summed E-state index contributed by atoms with van der Waals surface area (Å²) in [6.45, 7) is 2.01. The van der Waals surface area contributed by atoms with Gasteiger partial charge >= 0.3 is 0 Å². The van der Waals surface area contributed by atoms with Crippen LogP contribution in [0.25, 0.3) is 0 Å². The second-order valence-electron chi connectivity index (χ2n) is 3.69. The fourth-order valence-electron chi connectivity index (χ4n) is 1.45. The fourth-order valence-corrected chi connectivity index (χ4v) is 1.64. The van der Waals surface area contributed by atoms with E-state index in [-0.39, 0.29) is 10.6 Å². The van der Waals surface area contributed by atoms with E-state index in [1.165, 1.54) is 6.07 Å². The van der Waals surface area contributed by atoms with E-state index in [0.29, 0.717) is 23.7 Å². The van der Waals surface area contributed by atoms with Gasteiger partial charge in [0.25, 0.3) is 0 Å². The number of nitrogens with zero attached hydrogens (tertiary/aromatic N) is 2. The van der Waals surface area contributed by atoms with Crippen molar-refractivity contribution in [2.24, 2.45) is 0 Å². The summed E-state index contributed by atoms with van der Waals surface area (Å²) in [7, 11) is 0. The topological polar surface area (TPSA) is 38.9 Å². The minimum absolute atomic E-state index is 0.0596. The van der Waals surface area contributed by atoms with Crippen molar-refractivity contribution in [3.8, 4) is 0 Å². The molecular formula is C12H12BrFN2O. The quantitative estimate of drug-likeness (QED) is 0.809. The van der Waals surface area contributed by atoms with Gasteiger partial charge in [-0.15, -0.1) is 0 Å². The van der Waals surface area contributed by atoms with Gasteiger partial charge < -0.3 is 4.52 Å². The first-order valence-electron chi connectivity index (χ1n) is 5.40. The first kappa shape index (κ1) is 12.2. The highest BCUT2D eigenvalue weighted by Crippen LogP contribution is 2.24. The van der Waals surface area contributed by atoms with Crippen molar-refractivity contribution in [3.05, 3.63) is 47.4 Å². The van der Waals surface area contributed by atoms with Crippen molar-refractivity contribution in [2.75, 3.05) is 0 Å². The van der Waals surface area contributed by atoms with E-state index >= 15 is 0 Å². The van der Waals surface area contributed by atoms with Crippen molar-refractivity contribution < 1.29 is 8.91 Å². The zero-order chi connectivity index (χ0) is 12.3. The molecule has 17 heavy (non-hydrogen) atoms. The van der Waals surface area contributed by atoms with Crippen LogP contribution < -0.4 is 0 Å². The maximum absolute atomic E-state index is 13.4. The fraction of sp³-hybridized carbons (Fsp3) is 0.333. The Morgan fingerprint density at radius 3 is 2.88 bits per heavy atom. The minimum atomic E-state index is -0.246. The third kappa shape index (κ3) is 2.91. The molecule has 0 aliphatic carbocycles. The molecule has 0 spiro atoms. The van der Waals surface area contributed by atoms with Crippen LogP contribution in [0, 0.1) is 5.82 Å². The van der Waals surface area contributed by atoms with E-state index in [2.05, 4.69) is 26.1 Å². The van der Waals surface area contributed by atoms with E-state index in [1.807, 2.05) is 6.92 Å². The highest BCUT2D eigenvalue weighted by molar-refractivity contribution is 9.09. The van der Waals surface area contributed by atoms with Crippen LogP contribution in [0.15, 0.2) is 28.8 Å². The first-order valence-corrected chi connectivity index (χ1v) is 6.32. The number of rotatable bonds is 4. The molecule has 0 aliphatic rings. The SMILES string of the molecule is CCC(Br)c1nc(Cc2ccccc2F)no1. The summed E-state index contributed by atoms with van der Waals surface area (Å²) < 4.78 is 18.5. The lowest BCUT2D eigenvalue weighted by Gasteiger charge is -1.98. The van der Waals surface area contributed by atoms with Crippen molar-refractivity contribution >= 4 is 15.9 Å². The predicted molar refractivity (Wildman–Crippen MR) is 65.5 cm³/mol. The predicted octanol–water partition coefficient (Wildman–Crippen LogP) is 3.65. The molecule has 0 fully saturated rings. The van der Waals surface area contributed by atoms with Gasteiger partial charge in [-0.05, 0) is 18.1 Å². The average molecular weight is 299 g/mol. The van der Waals surface area contributed by atoms with Gasteiger partial charge in [-0.2, -0.15) is 4.98 Å². The molecule has 0 radical (unpaired) electrons. The Kier molecular flexibility index (Phi) is 3.89. The summed E-state index contributed by atoms with van der Waals surface area (Å²) in [6, 6.07) is 6.59. The summed E-state index contributed by atoms with van der Waals surface area (Å²) in [5, 5.41) is 3.84. The van der Waals surface area contributed by atoms with Gasteiger partial charge in [-0.3, -0.25) is 0 Å². The average Bonchev–Trinajstić information content (AvgIpc) is 2.80. The monoisotopic (exact) mass is 298 g/mol. The van der Waals surface area contributed by atoms with Gasteiger partial charge in [0.2, 0.25) is 5.89 Å². The second-order valence-corrected chi connectivity index (χ2v) is 4.80. The molecule has 3 nitrogen and oxygen atoms in total. The van der Waals surface area contributed by atoms with Crippen LogP contribution in [-0.2, 0) is 6.42 Å². The van der Waals surface area contributed by atoms with Gasteiger partial charge in [0.05, 0.1) is 4.83 Å². The normalized spacial score (nSPS) is 12.6. The Hall–Kier alpha value is -1.23. The van der Waals surface area contributed by atoms with Crippen LogP contribution in [0.2, 0.25) is 0 Å². The molecule has 2 aromatic rings. The highest BCUT2D eigenvalue weighted by atomic mass is 79.9. The van der Waals surface area contributed by atoms with Crippen LogP contribution in [-0.4, -0.2) is 10.1 Å². The molecule has 90 valence electrons. The largest absolute Gasteiger partial charge is 0.338 e. The van der Waals surface area contributed by atoms with E-state index in [1.54, 1.807) is 18.2 Å². The molecule has 2 rings (SSSR count). The number of aromatic nitrogens is 2. The molecule has 0 saturated carbocycles. The van der Waals surface area contributed by atoms with E-state index in [0.717, 1.165) is 6.42 Å². The van der Waals surface area contributed by atoms with Crippen LogP contribution in [0.3, 0.4) is 0 Å². The molecule has 1 aromatic heterocycles. The maximum atomic E-state index is 13.4. The molecule has 0 amide bonds. The lowest BCUT2D eigenvalue weighted by molar-refractivity contribution is 0.371. The summed E-state index contributed by atoms with van der Waals surface area (Å²) in [5.74, 6) is 0.798. The van der Waals surface area contributed by atoms with E-state index < -0.39 is 0 Å². The highest BCUT2D eigenvalue weighted by Gasteiger charge is 2.14. The first-order chi connectivity index (χ1) is 8.20. The Balaban J connectivity index is 2.14. The molecule has 0 saturated heterocycles. The molecule has 0 N–H and O–H groups in total. The van der Waals surface area contributed by atoms with Gasteiger partial charge in [0.1, 0.15) is 5.82 Å². The summed E-state index contributed by atoms with van der Waals surface area (Å²) in [6.07, 6.45) is 1.21. The van der Waals surface area contributed by atoms with Gasteiger partial charge in [0, 0.05) is 6.42 Å². The summed E-state index contributed by atoms with van der Waals surface area (Å²) in [5.41, 5.74) is 0.572. The lowest BCUT2D eigenvalue weighted by Crippen LogP contribution is -1.95. The zero-order valence-electron chi connectivity index (χ0n) is 9.36. The second kappa shape index (κ2) is 5.40. The van der Waals surface area contributed by atoms with E-state index in [4.69, 9.17) is 4.52 Å². The molecule has 1 atom stereocenters. The molecule has 0 bridgehead atoms. The molecule has 1 aromatic carbocycles. The van der Waals surface area contributed by atoms with Gasteiger partial charge in [-0.25, -0.2) is 4.39 Å². The Labute approximate surface area is 107 Å². The van der Waals surface area contributed by atoms with Crippen LogP contribution >= 0.6 is 15.9 Å². The smallest absolute Gasteiger partial charge is 0.240 e. The van der Waals surface area contributed by atoms with E-state index in [9.17, 15) is 4.39 Å². The third-order valence-corrected chi connectivity index (χ3v) is 3.46. The molecule has 1 unspecified atom stereocenters. The summed E-state index contributed by atoms with van der Waals surface area (Å²) >= 11 is 3.43. The molecule has 0 aliphatic heterocycles. The minimum Gasteiger partial charge on any atom is -0.338 e. The van der Waals surface area contributed by atoms with Crippen LogP contribution in [0.5, 0.6) is 0 Å². The molecule has 5 heteroatoms. The van der Waals surface area contributed by atoms with Crippen LogP contribution in [0.4, 0.5) is 4.39 Å². The van der Waals surface area contributed by atoms with Crippen molar-refractivity contribution in [1.82, 2.24) is 10.1 Å². The Bertz CT molecular complexity index is 501. The third-order valence-electron chi connectivity index (χ3n) is 2.42. The number of hydrogen-bond donors (Lipinski definition) is 0. The number of hydrogen-bond acceptors (Lipinski definition) is 3. The zero-order valence-corrected chi connectivity index (χ0v) is 10.9. The summed E-state index contributed by atoms with van der Waals surface area (Å²) in [4.78, 5) is 4.29. The van der Waals surface area contributed by atoms with Crippen molar-refractivity contribution in [3.63, 3.8) is 0 Å². The lowest BCUT2D eigenvalue weighted by atomic mass is 10.1. The number of benzene rings is 1. The van der Waals surface area contributed by atoms with Gasteiger partial charge in [-0.1, -0.05) is 46.2 Å². The molecule has 1 heterocycles.